The van der Waals surface area contributed by atoms with E-state index in [0.717, 1.165) is 44.0 Å². The number of furan rings is 1. The van der Waals surface area contributed by atoms with Crippen LogP contribution < -0.4 is 0 Å². The van der Waals surface area contributed by atoms with Crippen molar-refractivity contribution in [3.63, 3.8) is 0 Å². The number of fused-ring (bicyclic) bond motifs is 5. The normalized spacial score (nSPS) is 12.2. The van der Waals surface area contributed by atoms with Crippen molar-refractivity contribution in [2.24, 2.45) is 0 Å². The van der Waals surface area contributed by atoms with E-state index in [9.17, 15) is 0 Å². The lowest BCUT2D eigenvalue weighted by Crippen LogP contribution is -1.90. The predicted molar refractivity (Wildman–Crippen MR) is 286 cm³/mol. The van der Waals surface area contributed by atoms with Crippen molar-refractivity contribution in [1.29, 1.82) is 0 Å². The molecule has 1 heteroatoms. The molecule has 0 fully saturated rings. The standard InChI is InChI=1S/C66H38O/c1-3-9-39(10-4-1)48-28-20-44-25-34-56-50(30-22-45-24-32-54(48)60(44)61(45)56)42-15-17-43(18-16-42)51-37-38-58(66-64(51)59-36-19-41-13-7-8-14-52(41)65(59)67-66)53-31-23-47-26-33-55-49(40-11-5-2-6-12-40)29-21-46-27-35-57(53)63(47)62(46)55/h1-38H. The molecule has 308 valence electrons. The van der Waals surface area contributed by atoms with Gasteiger partial charge in [0.05, 0.1) is 0 Å². The van der Waals surface area contributed by atoms with Gasteiger partial charge in [0.1, 0.15) is 11.2 Å². The lowest BCUT2D eigenvalue weighted by Gasteiger charge is -2.17. The second-order valence-electron chi connectivity index (χ2n) is 18.2. The van der Waals surface area contributed by atoms with E-state index in [4.69, 9.17) is 4.42 Å². The second-order valence-corrected chi connectivity index (χ2v) is 18.2. The van der Waals surface area contributed by atoms with E-state index >= 15 is 0 Å². The molecule has 15 rings (SSSR count). The fourth-order valence-electron chi connectivity index (χ4n) is 11.7. The van der Waals surface area contributed by atoms with Gasteiger partial charge in [-0.15, -0.1) is 0 Å². The van der Waals surface area contributed by atoms with Gasteiger partial charge in [0, 0.05) is 21.7 Å². The molecule has 15 aromatic rings. The zero-order chi connectivity index (χ0) is 43.7. The van der Waals surface area contributed by atoms with Gasteiger partial charge in [-0.1, -0.05) is 218 Å². The van der Waals surface area contributed by atoms with Crippen molar-refractivity contribution >= 4 is 97.3 Å². The lowest BCUT2D eigenvalue weighted by molar-refractivity contribution is 0.674. The van der Waals surface area contributed by atoms with E-state index in [1.165, 1.54) is 109 Å². The van der Waals surface area contributed by atoms with E-state index in [2.05, 4.69) is 231 Å². The summed E-state index contributed by atoms with van der Waals surface area (Å²) in [6.45, 7) is 0. The third-order valence-electron chi connectivity index (χ3n) is 14.8. The topological polar surface area (TPSA) is 13.1 Å². The highest BCUT2D eigenvalue weighted by Gasteiger charge is 2.22. The maximum absolute atomic E-state index is 7.21. The summed E-state index contributed by atoms with van der Waals surface area (Å²) < 4.78 is 7.21. The van der Waals surface area contributed by atoms with Gasteiger partial charge < -0.3 is 4.42 Å². The third kappa shape index (κ3) is 5.25. The van der Waals surface area contributed by atoms with Gasteiger partial charge in [-0.2, -0.15) is 0 Å². The molecular weight excluding hydrogens is 809 g/mol. The smallest absolute Gasteiger partial charge is 0.143 e. The molecule has 0 aliphatic carbocycles. The lowest BCUT2D eigenvalue weighted by atomic mass is 9.86. The zero-order valence-corrected chi connectivity index (χ0v) is 36.3. The SMILES string of the molecule is c1ccc(-c2ccc3ccc4c(-c5ccc(-c6ccc(-c7ccc8ccc9c(-c%10ccccc%10)ccc%10ccc7c8c%109)c7oc8c9ccccc9ccc8c67)cc5)ccc5ccc2c3c54)cc1. The van der Waals surface area contributed by atoms with Gasteiger partial charge in [0.2, 0.25) is 0 Å². The van der Waals surface area contributed by atoms with Crippen LogP contribution in [0, 0.1) is 0 Å². The quantitative estimate of drug-likeness (QED) is 0.157. The number of hydrogen-bond acceptors (Lipinski definition) is 1. The average Bonchev–Trinajstić information content (AvgIpc) is 3.80. The summed E-state index contributed by atoms with van der Waals surface area (Å²) in [7, 11) is 0. The van der Waals surface area contributed by atoms with Crippen LogP contribution >= 0.6 is 0 Å². The molecule has 67 heavy (non-hydrogen) atoms. The minimum atomic E-state index is 0.912. The number of rotatable bonds is 5. The molecule has 0 radical (unpaired) electrons. The number of benzene rings is 14. The van der Waals surface area contributed by atoms with Crippen LogP contribution in [0.5, 0.6) is 0 Å². The summed E-state index contributed by atoms with van der Waals surface area (Å²) in [4.78, 5) is 0. The molecule has 1 aromatic heterocycles. The minimum absolute atomic E-state index is 0.912. The van der Waals surface area contributed by atoms with Gasteiger partial charge >= 0.3 is 0 Å². The molecule has 0 N–H and O–H groups in total. The van der Waals surface area contributed by atoms with Crippen molar-refractivity contribution < 1.29 is 4.42 Å². The van der Waals surface area contributed by atoms with Crippen LogP contribution in [0.15, 0.2) is 235 Å². The fraction of sp³-hybridized carbons (Fsp3) is 0. The summed E-state index contributed by atoms with van der Waals surface area (Å²) in [6, 6.07) is 85.2. The van der Waals surface area contributed by atoms with Crippen molar-refractivity contribution in [2.75, 3.05) is 0 Å². The first-order valence-corrected chi connectivity index (χ1v) is 23.2. The number of hydrogen-bond donors (Lipinski definition) is 0. The highest BCUT2D eigenvalue weighted by Crippen LogP contribution is 2.48. The van der Waals surface area contributed by atoms with Crippen LogP contribution in [0.2, 0.25) is 0 Å². The first-order valence-electron chi connectivity index (χ1n) is 23.2. The molecule has 0 atom stereocenters. The van der Waals surface area contributed by atoms with E-state index in [-0.39, 0.29) is 0 Å². The van der Waals surface area contributed by atoms with Gasteiger partial charge in [-0.25, -0.2) is 0 Å². The van der Waals surface area contributed by atoms with Crippen molar-refractivity contribution in [2.45, 2.75) is 0 Å². The Labute approximate surface area is 386 Å². The van der Waals surface area contributed by atoms with Crippen molar-refractivity contribution in [3.8, 4) is 55.6 Å². The molecule has 0 saturated heterocycles. The molecule has 1 nitrogen and oxygen atoms in total. The fourth-order valence-corrected chi connectivity index (χ4v) is 11.7. The Morgan fingerprint density at radius 3 is 1.06 bits per heavy atom. The van der Waals surface area contributed by atoms with Gasteiger partial charge in [0.15, 0.2) is 0 Å². The molecule has 0 spiro atoms. The first kappa shape index (κ1) is 36.5. The Hall–Kier alpha value is -8.78. The van der Waals surface area contributed by atoms with E-state index < -0.39 is 0 Å². The Morgan fingerprint density at radius 1 is 0.179 bits per heavy atom. The maximum atomic E-state index is 7.21. The molecule has 0 saturated carbocycles. The zero-order valence-electron chi connectivity index (χ0n) is 36.3. The molecule has 0 amide bonds. The van der Waals surface area contributed by atoms with Gasteiger partial charge in [0.25, 0.3) is 0 Å². The minimum Gasteiger partial charge on any atom is -0.455 e. The van der Waals surface area contributed by atoms with Crippen LogP contribution in [-0.2, 0) is 0 Å². The summed E-state index contributed by atoms with van der Waals surface area (Å²) in [6.07, 6.45) is 0. The highest BCUT2D eigenvalue weighted by atomic mass is 16.3. The maximum Gasteiger partial charge on any atom is 0.143 e. The van der Waals surface area contributed by atoms with Crippen LogP contribution in [-0.4, -0.2) is 0 Å². The highest BCUT2D eigenvalue weighted by molar-refractivity contribution is 6.30. The van der Waals surface area contributed by atoms with Crippen LogP contribution in [0.4, 0.5) is 0 Å². The Morgan fingerprint density at radius 2 is 0.537 bits per heavy atom. The largest absolute Gasteiger partial charge is 0.455 e. The molecule has 1 heterocycles. The Balaban J connectivity index is 0.915. The predicted octanol–water partition coefficient (Wildman–Crippen LogP) is 18.9. The Kier molecular flexibility index (Phi) is 7.56. The monoisotopic (exact) mass is 846 g/mol. The van der Waals surface area contributed by atoms with Gasteiger partial charge in [-0.3, -0.25) is 0 Å². The summed E-state index contributed by atoms with van der Waals surface area (Å²) in [5.74, 6) is 0. The summed E-state index contributed by atoms with van der Waals surface area (Å²) in [5.41, 5.74) is 13.9. The molecule has 0 aliphatic rings. The third-order valence-corrected chi connectivity index (χ3v) is 14.8. The van der Waals surface area contributed by atoms with Crippen molar-refractivity contribution in [1.82, 2.24) is 0 Å². The average molecular weight is 847 g/mol. The van der Waals surface area contributed by atoms with Crippen LogP contribution in [0.1, 0.15) is 0 Å². The summed E-state index contributed by atoms with van der Waals surface area (Å²) in [5, 5.41) is 19.9. The van der Waals surface area contributed by atoms with E-state index in [1.54, 1.807) is 0 Å². The molecule has 0 bridgehead atoms. The Bertz CT molecular complexity index is 4460. The van der Waals surface area contributed by atoms with Crippen molar-refractivity contribution in [3.05, 3.63) is 231 Å². The molecular formula is C66H38O. The molecule has 14 aromatic carbocycles. The van der Waals surface area contributed by atoms with Crippen LogP contribution in [0.3, 0.4) is 0 Å². The van der Waals surface area contributed by atoms with E-state index in [1.807, 2.05) is 0 Å². The molecule has 0 aliphatic heterocycles. The first-order chi connectivity index (χ1) is 33.2. The second kappa shape index (κ2) is 13.9. The molecule has 0 unspecified atom stereocenters. The van der Waals surface area contributed by atoms with Crippen LogP contribution in [0.25, 0.3) is 153 Å². The van der Waals surface area contributed by atoms with Gasteiger partial charge in [-0.05, 0) is 132 Å². The van der Waals surface area contributed by atoms with E-state index in [0.29, 0.717) is 0 Å². The summed E-state index contributed by atoms with van der Waals surface area (Å²) >= 11 is 0.